The molecule has 0 spiro atoms. The summed E-state index contributed by atoms with van der Waals surface area (Å²) in [4.78, 5) is 10.5. The molecule has 2 N–H and O–H groups in total. The van der Waals surface area contributed by atoms with Crippen molar-refractivity contribution < 1.29 is 9.66 Å². The highest BCUT2D eigenvalue weighted by molar-refractivity contribution is 5.35. The van der Waals surface area contributed by atoms with Crippen LogP contribution in [0.15, 0.2) is 24.3 Å². The van der Waals surface area contributed by atoms with Gasteiger partial charge in [0.2, 0.25) is 0 Å². The molecule has 1 heterocycles. The summed E-state index contributed by atoms with van der Waals surface area (Å²) < 4.78 is 5.45. The number of non-ortho nitro benzene ring substituents is 1. The van der Waals surface area contributed by atoms with Gasteiger partial charge in [-0.2, -0.15) is 0 Å². The maximum atomic E-state index is 10.8. The molecule has 6 heteroatoms. The van der Waals surface area contributed by atoms with Crippen molar-refractivity contribution in [2.45, 2.75) is 38.4 Å². The second-order valence-corrected chi connectivity index (χ2v) is 5.60. The number of nitro benzene ring substituents is 1. The first-order valence-electron chi connectivity index (χ1n) is 7.38. The highest BCUT2D eigenvalue weighted by Gasteiger charge is 2.18. The fourth-order valence-corrected chi connectivity index (χ4v) is 2.70. The number of ether oxygens (including phenoxy) is 1. The smallest absolute Gasteiger partial charge is 0.269 e. The van der Waals surface area contributed by atoms with Gasteiger partial charge in [-0.25, -0.2) is 0 Å². The van der Waals surface area contributed by atoms with Crippen molar-refractivity contribution >= 4 is 5.69 Å². The molecule has 1 aliphatic rings. The fourth-order valence-electron chi connectivity index (χ4n) is 2.70. The van der Waals surface area contributed by atoms with Gasteiger partial charge in [0, 0.05) is 36.8 Å². The summed E-state index contributed by atoms with van der Waals surface area (Å²) in [5, 5.41) is 17.7. The van der Waals surface area contributed by atoms with Crippen LogP contribution in [0.25, 0.3) is 0 Å². The first-order valence-corrected chi connectivity index (χ1v) is 7.38. The third kappa shape index (κ3) is 4.77. The molecule has 0 aromatic heterocycles. The Bertz CT molecular complexity index is 475. The molecular formula is C15H23N3O3. The number of nitro groups is 1. The van der Waals surface area contributed by atoms with Gasteiger partial charge in [-0.05, 0) is 25.8 Å². The van der Waals surface area contributed by atoms with Gasteiger partial charge in [-0.15, -0.1) is 0 Å². The van der Waals surface area contributed by atoms with Crippen LogP contribution >= 0.6 is 0 Å². The van der Waals surface area contributed by atoms with Crippen molar-refractivity contribution in [3.63, 3.8) is 0 Å². The van der Waals surface area contributed by atoms with E-state index in [2.05, 4.69) is 17.6 Å². The number of morpholine rings is 1. The third-order valence-electron chi connectivity index (χ3n) is 3.75. The van der Waals surface area contributed by atoms with Gasteiger partial charge >= 0.3 is 0 Å². The molecule has 21 heavy (non-hydrogen) atoms. The molecule has 0 bridgehead atoms. The second kappa shape index (κ2) is 7.49. The Morgan fingerprint density at radius 3 is 3.00 bits per heavy atom. The Labute approximate surface area is 125 Å². The zero-order valence-corrected chi connectivity index (χ0v) is 12.5. The molecule has 0 amide bonds. The van der Waals surface area contributed by atoms with Crippen LogP contribution in [0.5, 0.6) is 0 Å². The quantitative estimate of drug-likeness (QED) is 0.620. The van der Waals surface area contributed by atoms with E-state index in [0.29, 0.717) is 12.1 Å². The molecule has 1 saturated heterocycles. The molecule has 0 aliphatic carbocycles. The number of hydrogen-bond acceptors (Lipinski definition) is 5. The van der Waals surface area contributed by atoms with Gasteiger partial charge in [-0.1, -0.05) is 12.1 Å². The van der Waals surface area contributed by atoms with Crippen molar-refractivity contribution in [2.24, 2.45) is 0 Å². The SMILES string of the molecule is CC(CC1COCCN1)NC(C)c1cccc([N+](=O)[O-])c1. The van der Waals surface area contributed by atoms with Crippen molar-refractivity contribution in [1.29, 1.82) is 0 Å². The van der Waals surface area contributed by atoms with Crippen molar-refractivity contribution in [2.75, 3.05) is 19.8 Å². The maximum Gasteiger partial charge on any atom is 0.269 e. The van der Waals surface area contributed by atoms with Crippen LogP contribution in [0.3, 0.4) is 0 Å². The van der Waals surface area contributed by atoms with E-state index < -0.39 is 0 Å². The largest absolute Gasteiger partial charge is 0.379 e. The minimum absolute atomic E-state index is 0.0735. The van der Waals surface area contributed by atoms with E-state index in [1.165, 1.54) is 6.07 Å². The average molecular weight is 293 g/mol. The Morgan fingerprint density at radius 2 is 2.33 bits per heavy atom. The van der Waals surface area contributed by atoms with Gasteiger partial charge in [0.25, 0.3) is 5.69 Å². The van der Waals surface area contributed by atoms with E-state index in [4.69, 9.17) is 4.74 Å². The molecular weight excluding hydrogens is 270 g/mol. The molecule has 2 rings (SSSR count). The lowest BCUT2D eigenvalue weighted by molar-refractivity contribution is -0.384. The Morgan fingerprint density at radius 1 is 1.52 bits per heavy atom. The number of nitrogens with zero attached hydrogens (tertiary/aromatic N) is 1. The summed E-state index contributed by atoms with van der Waals surface area (Å²) in [7, 11) is 0. The molecule has 3 atom stereocenters. The molecule has 1 fully saturated rings. The van der Waals surface area contributed by atoms with Crippen LogP contribution < -0.4 is 10.6 Å². The lowest BCUT2D eigenvalue weighted by Crippen LogP contribution is -2.45. The molecule has 116 valence electrons. The minimum atomic E-state index is -0.358. The van der Waals surface area contributed by atoms with E-state index >= 15 is 0 Å². The minimum Gasteiger partial charge on any atom is -0.379 e. The molecule has 1 aromatic carbocycles. The Balaban J connectivity index is 1.89. The van der Waals surface area contributed by atoms with Crippen LogP contribution in [0, 0.1) is 10.1 Å². The highest BCUT2D eigenvalue weighted by atomic mass is 16.6. The van der Waals surface area contributed by atoms with E-state index in [1.807, 2.05) is 13.0 Å². The lowest BCUT2D eigenvalue weighted by Gasteiger charge is -2.28. The standard InChI is InChI=1S/C15H23N3O3/c1-11(8-14-10-21-7-6-16-14)17-12(2)13-4-3-5-15(9-13)18(19)20/h3-5,9,11-12,14,16-17H,6-8,10H2,1-2H3. The molecule has 6 nitrogen and oxygen atoms in total. The van der Waals surface area contributed by atoms with Gasteiger partial charge in [0.05, 0.1) is 18.1 Å². The summed E-state index contributed by atoms with van der Waals surface area (Å²) in [5.74, 6) is 0. The predicted molar refractivity (Wildman–Crippen MR) is 81.3 cm³/mol. The predicted octanol–water partition coefficient (Wildman–Crippen LogP) is 2.01. The van der Waals surface area contributed by atoms with Crippen LogP contribution in [-0.4, -0.2) is 36.8 Å². The van der Waals surface area contributed by atoms with Crippen LogP contribution in [-0.2, 0) is 4.74 Å². The zero-order chi connectivity index (χ0) is 15.2. The molecule has 1 aliphatic heterocycles. The zero-order valence-electron chi connectivity index (χ0n) is 12.5. The topological polar surface area (TPSA) is 76.4 Å². The molecule has 0 saturated carbocycles. The van der Waals surface area contributed by atoms with Crippen molar-refractivity contribution in [1.82, 2.24) is 10.6 Å². The summed E-state index contributed by atoms with van der Waals surface area (Å²) in [6.07, 6.45) is 0.971. The Hall–Kier alpha value is -1.50. The lowest BCUT2D eigenvalue weighted by atomic mass is 10.0. The van der Waals surface area contributed by atoms with Gasteiger partial charge in [-0.3, -0.25) is 10.1 Å². The second-order valence-electron chi connectivity index (χ2n) is 5.60. The van der Waals surface area contributed by atoms with Crippen molar-refractivity contribution in [3.05, 3.63) is 39.9 Å². The van der Waals surface area contributed by atoms with Gasteiger partial charge in [0.15, 0.2) is 0 Å². The fraction of sp³-hybridized carbons (Fsp3) is 0.600. The first-order chi connectivity index (χ1) is 10.1. The van der Waals surface area contributed by atoms with Gasteiger partial charge < -0.3 is 15.4 Å². The summed E-state index contributed by atoms with van der Waals surface area (Å²) in [5.41, 5.74) is 1.07. The van der Waals surface area contributed by atoms with E-state index in [0.717, 1.165) is 31.7 Å². The van der Waals surface area contributed by atoms with Crippen LogP contribution in [0.1, 0.15) is 31.9 Å². The molecule has 1 aromatic rings. The number of nitrogens with one attached hydrogen (secondary N) is 2. The monoisotopic (exact) mass is 293 g/mol. The summed E-state index contributed by atoms with van der Waals surface area (Å²) >= 11 is 0. The van der Waals surface area contributed by atoms with Gasteiger partial charge in [0.1, 0.15) is 0 Å². The summed E-state index contributed by atoms with van der Waals surface area (Å²) in [6, 6.07) is 7.54. The normalized spacial score (nSPS) is 21.7. The maximum absolute atomic E-state index is 10.8. The van der Waals surface area contributed by atoms with E-state index in [1.54, 1.807) is 12.1 Å². The van der Waals surface area contributed by atoms with Crippen LogP contribution in [0.2, 0.25) is 0 Å². The number of rotatable bonds is 6. The van der Waals surface area contributed by atoms with E-state index in [9.17, 15) is 10.1 Å². The molecule has 0 radical (unpaired) electrons. The van der Waals surface area contributed by atoms with Crippen molar-refractivity contribution in [3.8, 4) is 0 Å². The highest BCUT2D eigenvalue weighted by Crippen LogP contribution is 2.19. The summed E-state index contributed by atoms with van der Waals surface area (Å²) in [6.45, 7) is 6.59. The average Bonchev–Trinajstić information content (AvgIpc) is 2.48. The number of hydrogen-bond donors (Lipinski definition) is 2. The van der Waals surface area contributed by atoms with E-state index in [-0.39, 0.29) is 16.7 Å². The third-order valence-corrected chi connectivity index (χ3v) is 3.75. The molecule has 3 unspecified atom stereocenters. The first kappa shape index (κ1) is 15.9. The number of benzene rings is 1. The van der Waals surface area contributed by atoms with Crippen LogP contribution in [0.4, 0.5) is 5.69 Å². The Kier molecular flexibility index (Phi) is 5.67.